The quantitative estimate of drug-likeness (QED) is 0.861. The van der Waals surface area contributed by atoms with Gasteiger partial charge in [-0.3, -0.25) is 9.59 Å². The highest BCUT2D eigenvalue weighted by atomic mass is 16.2. The average molecular weight is 282 g/mol. The molecular formula is C16H30N2O2. The average Bonchev–Trinajstić information content (AvgIpc) is 2.32. The molecule has 4 nitrogen and oxygen atoms in total. The minimum Gasteiger partial charge on any atom is -0.342 e. The van der Waals surface area contributed by atoms with Crippen LogP contribution >= 0.6 is 0 Å². The van der Waals surface area contributed by atoms with Gasteiger partial charge in [0.25, 0.3) is 0 Å². The minimum atomic E-state index is -0.425. The minimum absolute atomic E-state index is 0.0412. The van der Waals surface area contributed by atoms with Crippen molar-refractivity contribution in [1.29, 1.82) is 0 Å². The van der Waals surface area contributed by atoms with Crippen LogP contribution in [0.4, 0.5) is 0 Å². The second kappa shape index (κ2) is 6.15. The summed E-state index contributed by atoms with van der Waals surface area (Å²) in [5, 5.41) is 2.88. The molecule has 4 atom stereocenters. The van der Waals surface area contributed by atoms with E-state index in [4.69, 9.17) is 0 Å². The van der Waals surface area contributed by atoms with Gasteiger partial charge in [-0.2, -0.15) is 0 Å². The Kier molecular flexibility index (Phi) is 5.22. The maximum absolute atomic E-state index is 12.8. The first kappa shape index (κ1) is 17.0. The molecule has 0 bridgehead atoms. The summed E-state index contributed by atoms with van der Waals surface area (Å²) in [5.74, 6) is 0.573. The smallest absolute Gasteiger partial charge is 0.246 e. The van der Waals surface area contributed by atoms with Gasteiger partial charge in [-0.15, -0.1) is 0 Å². The van der Waals surface area contributed by atoms with Crippen LogP contribution in [0.25, 0.3) is 0 Å². The Morgan fingerprint density at radius 2 is 1.80 bits per heavy atom. The molecule has 2 amide bonds. The second-order valence-corrected chi connectivity index (χ2v) is 7.33. The third-order valence-corrected chi connectivity index (χ3v) is 4.37. The van der Waals surface area contributed by atoms with E-state index < -0.39 is 6.04 Å². The fourth-order valence-corrected chi connectivity index (χ4v) is 2.84. The van der Waals surface area contributed by atoms with Crippen LogP contribution in [0.2, 0.25) is 0 Å². The molecule has 1 N–H and O–H groups in total. The van der Waals surface area contributed by atoms with Crippen molar-refractivity contribution in [1.82, 2.24) is 10.2 Å². The summed E-state index contributed by atoms with van der Waals surface area (Å²) in [4.78, 5) is 26.7. The van der Waals surface area contributed by atoms with Crippen molar-refractivity contribution in [2.45, 2.75) is 79.4 Å². The van der Waals surface area contributed by atoms with Gasteiger partial charge in [-0.1, -0.05) is 41.0 Å². The van der Waals surface area contributed by atoms with E-state index >= 15 is 0 Å². The van der Waals surface area contributed by atoms with Crippen LogP contribution in [0.3, 0.4) is 0 Å². The zero-order valence-electron chi connectivity index (χ0n) is 14.0. The van der Waals surface area contributed by atoms with Crippen molar-refractivity contribution in [2.24, 2.45) is 11.3 Å². The molecule has 0 aromatic rings. The van der Waals surface area contributed by atoms with Gasteiger partial charge in [0, 0.05) is 6.04 Å². The van der Waals surface area contributed by atoms with Crippen molar-refractivity contribution in [3.05, 3.63) is 0 Å². The first-order valence-electron chi connectivity index (χ1n) is 7.72. The van der Waals surface area contributed by atoms with E-state index in [2.05, 4.69) is 26.1 Å². The predicted molar refractivity (Wildman–Crippen MR) is 81.2 cm³/mol. The van der Waals surface area contributed by atoms with E-state index in [9.17, 15) is 9.59 Å². The van der Waals surface area contributed by atoms with Crippen LogP contribution < -0.4 is 5.32 Å². The lowest BCUT2D eigenvalue weighted by Gasteiger charge is -2.45. The van der Waals surface area contributed by atoms with Crippen molar-refractivity contribution >= 4 is 11.8 Å². The van der Waals surface area contributed by atoms with Gasteiger partial charge in [0.05, 0.1) is 0 Å². The van der Waals surface area contributed by atoms with Crippen molar-refractivity contribution < 1.29 is 9.59 Å². The summed E-state index contributed by atoms with van der Waals surface area (Å²) in [5.41, 5.74) is -0.263. The largest absolute Gasteiger partial charge is 0.342 e. The highest BCUT2D eigenvalue weighted by molar-refractivity contribution is 5.97. The van der Waals surface area contributed by atoms with Crippen molar-refractivity contribution in [2.75, 3.05) is 0 Å². The topological polar surface area (TPSA) is 49.4 Å². The summed E-state index contributed by atoms with van der Waals surface area (Å²) in [6.45, 7) is 14.2. The van der Waals surface area contributed by atoms with Gasteiger partial charge in [-0.05, 0) is 31.6 Å². The third kappa shape index (κ3) is 3.53. The fourth-order valence-electron chi connectivity index (χ4n) is 2.84. The molecule has 0 aromatic heterocycles. The number of hydrogen-bond acceptors (Lipinski definition) is 2. The summed E-state index contributed by atoms with van der Waals surface area (Å²) in [6, 6.07) is -0.700. The summed E-state index contributed by atoms with van der Waals surface area (Å²) < 4.78 is 0. The zero-order chi connectivity index (χ0) is 15.7. The van der Waals surface area contributed by atoms with E-state index in [1.54, 1.807) is 4.90 Å². The molecule has 0 spiro atoms. The standard InChI is InChI=1S/C16H30N2O2/c1-8-10(2)9-11(3)18-12(4)14(19)17-13(15(18)20)16(5,6)7/h10-13H,8-9H2,1-7H3,(H,17,19). The number of carbonyl (C=O) groups is 2. The monoisotopic (exact) mass is 282 g/mol. The predicted octanol–water partition coefficient (Wildman–Crippen LogP) is 2.57. The number of carbonyl (C=O) groups excluding carboxylic acids is 2. The number of amides is 2. The molecular weight excluding hydrogens is 252 g/mol. The van der Waals surface area contributed by atoms with E-state index in [1.165, 1.54) is 0 Å². The molecule has 4 heteroatoms. The van der Waals surface area contributed by atoms with Crippen LogP contribution in [0.15, 0.2) is 0 Å². The lowest BCUT2D eigenvalue weighted by molar-refractivity contribution is -0.154. The Hall–Kier alpha value is -1.06. The first-order valence-corrected chi connectivity index (χ1v) is 7.72. The third-order valence-electron chi connectivity index (χ3n) is 4.37. The normalized spacial score (nSPS) is 27.2. The number of hydrogen-bond donors (Lipinski definition) is 1. The van der Waals surface area contributed by atoms with Crippen molar-refractivity contribution in [3.8, 4) is 0 Å². The number of nitrogens with zero attached hydrogens (tertiary/aromatic N) is 1. The fraction of sp³-hybridized carbons (Fsp3) is 0.875. The second-order valence-electron chi connectivity index (χ2n) is 7.33. The maximum atomic E-state index is 12.8. The Morgan fingerprint density at radius 3 is 2.25 bits per heavy atom. The Balaban J connectivity index is 2.96. The van der Waals surface area contributed by atoms with Crippen molar-refractivity contribution in [3.63, 3.8) is 0 Å². The van der Waals surface area contributed by atoms with Gasteiger partial charge in [0.15, 0.2) is 0 Å². The Labute approximate surface area is 123 Å². The highest BCUT2D eigenvalue weighted by Gasteiger charge is 2.45. The molecule has 1 aliphatic rings. The number of nitrogens with one attached hydrogen (secondary N) is 1. The number of rotatable bonds is 4. The molecule has 1 rings (SSSR count). The van der Waals surface area contributed by atoms with Crippen LogP contribution in [-0.2, 0) is 9.59 Å². The summed E-state index contributed by atoms with van der Waals surface area (Å²) in [7, 11) is 0. The summed E-state index contributed by atoms with van der Waals surface area (Å²) >= 11 is 0. The Morgan fingerprint density at radius 1 is 1.25 bits per heavy atom. The van der Waals surface area contributed by atoms with Gasteiger partial charge in [0.2, 0.25) is 11.8 Å². The highest BCUT2D eigenvalue weighted by Crippen LogP contribution is 2.27. The van der Waals surface area contributed by atoms with Gasteiger partial charge in [0.1, 0.15) is 12.1 Å². The molecule has 1 heterocycles. The molecule has 0 aliphatic carbocycles. The molecule has 20 heavy (non-hydrogen) atoms. The van der Waals surface area contributed by atoms with Crippen LogP contribution in [0, 0.1) is 11.3 Å². The molecule has 0 saturated carbocycles. The van der Waals surface area contributed by atoms with E-state index in [1.807, 2.05) is 27.7 Å². The maximum Gasteiger partial charge on any atom is 0.246 e. The van der Waals surface area contributed by atoms with Crippen LogP contribution in [-0.4, -0.2) is 34.8 Å². The molecule has 1 saturated heterocycles. The molecule has 4 unspecified atom stereocenters. The lowest BCUT2D eigenvalue weighted by atomic mass is 9.83. The molecule has 116 valence electrons. The van der Waals surface area contributed by atoms with Gasteiger partial charge in [-0.25, -0.2) is 0 Å². The molecule has 1 fully saturated rings. The van der Waals surface area contributed by atoms with Gasteiger partial charge < -0.3 is 10.2 Å². The molecule has 0 aromatic carbocycles. The first-order chi connectivity index (χ1) is 9.09. The van der Waals surface area contributed by atoms with E-state index in [0.29, 0.717) is 5.92 Å². The molecule has 0 radical (unpaired) electrons. The lowest BCUT2D eigenvalue weighted by Crippen LogP contribution is -2.67. The van der Waals surface area contributed by atoms with E-state index in [-0.39, 0.29) is 29.3 Å². The molecule has 1 aliphatic heterocycles. The summed E-state index contributed by atoms with van der Waals surface area (Å²) in [6.07, 6.45) is 2.03. The van der Waals surface area contributed by atoms with Crippen LogP contribution in [0.1, 0.15) is 61.3 Å². The zero-order valence-corrected chi connectivity index (χ0v) is 14.0. The SMILES string of the molecule is CCC(C)CC(C)N1C(=O)C(C(C)(C)C)NC(=O)C1C. The Bertz CT molecular complexity index is 373. The van der Waals surface area contributed by atoms with E-state index in [0.717, 1.165) is 12.8 Å². The van der Waals surface area contributed by atoms with Crippen LogP contribution in [0.5, 0.6) is 0 Å². The number of piperazine rings is 1. The van der Waals surface area contributed by atoms with Gasteiger partial charge >= 0.3 is 0 Å².